The van der Waals surface area contributed by atoms with Crippen LogP contribution in [0.4, 0.5) is 0 Å². The van der Waals surface area contributed by atoms with Gasteiger partial charge in [0, 0.05) is 50.7 Å². The summed E-state index contributed by atoms with van der Waals surface area (Å²) in [5, 5.41) is 2.15. The van der Waals surface area contributed by atoms with E-state index in [0.717, 1.165) is 52.2 Å². The van der Waals surface area contributed by atoms with Crippen LogP contribution in [0.1, 0.15) is 25.1 Å². The Bertz CT molecular complexity index is 501. The second kappa shape index (κ2) is 8.45. The first-order chi connectivity index (χ1) is 11.6. The molecule has 3 rings (SSSR count). The Morgan fingerprint density at radius 1 is 1.12 bits per heavy atom. The topological polar surface area (TPSA) is 26.8 Å². The quantitative estimate of drug-likeness (QED) is 0.817. The maximum absolute atomic E-state index is 12.6. The van der Waals surface area contributed by atoms with Crippen molar-refractivity contribution in [3.63, 3.8) is 0 Å². The molecule has 2 atom stereocenters. The van der Waals surface area contributed by atoms with Gasteiger partial charge in [-0.25, -0.2) is 0 Å². The van der Waals surface area contributed by atoms with E-state index in [4.69, 9.17) is 0 Å². The number of thiophene rings is 1. The number of nitrogens with zero attached hydrogens (tertiary/aromatic N) is 3. The molecule has 1 aromatic heterocycles. The van der Waals surface area contributed by atoms with Crippen molar-refractivity contribution in [2.24, 2.45) is 11.8 Å². The molecule has 0 spiro atoms. The molecule has 0 radical (unpaired) electrons. The number of likely N-dealkylation sites (tertiary alicyclic amines) is 1. The summed E-state index contributed by atoms with van der Waals surface area (Å²) in [6, 6.07) is 4.35. The summed E-state index contributed by atoms with van der Waals surface area (Å²) in [7, 11) is 0. The summed E-state index contributed by atoms with van der Waals surface area (Å²) in [6.07, 6.45) is 2.41. The fourth-order valence-electron chi connectivity index (χ4n) is 4.05. The average Bonchev–Trinajstić information content (AvgIpc) is 3.07. The van der Waals surface area contributed by atoms with Crippen molar-refractivity contribution in [2.75, 3.05) is 52.4 Å². The molecule has 1 aromatic rings. The van der Waals surface area contributed by atoms with E-state index in [1.54, 1.807) is 0 Å². The first kappa shape index (κ1) is 17.9. The molecule has 24 heavy (non-hydrogen) atoms. The van der Waals surface area contributed by atoms with Crippen LogP contribution in [0.2, 0.25) is 0 Å². The van der Waals surface area contributed by atoms with Crippen LogP contribution in [-0.2, 0) is 11.2 Å². The van der Waals surface area contributed by atoms with Gasteiger partial charge in [-0.05, 0) is 36.1 Å². The summed E-state index contributed by atoms with van der Waals surface area (Å²) in [6.45, 7) is 12.4. The van der Waals surface area contributed by atoms with Crippen molar-refractivity contribution >= 4 is 17.2 Å². The van der Waals surface area contributed by atoms with Gasteiger partial charge in [-0.15, -0.1) is 11.3 Å². The van der Waals surface area contributed by atoms with Crippen LogP contribution in [0.5, 0.6) is 0 Å². The lowest BCUT2D eigenvalue weighted by atomic mass is 9.92. The van der Waals surface area contributed by atoms with E-state index in [-0.39, 0.29) is 0 Å². The van der Waals surface area contributed by atoms with Crippen LogP contribution in [0, 0.1) is 11.8 Å². The van der Waals surface area contributed by atoms with Crippen LogP contribution in [0.3, 0.4) is 0 Å². The normalized spacial score (nSPS) is 26.7. The van der Waals surface area contributed by atoms with Crippen molar-refractivity contribution in [3.8, 4) is 0 Å². The first-order valence-corrected chi connectivity index (χ1v) is 10.2. The smallest absolute Gasteiger partial charge is 0.236 e. The molecule has 0 unspecified atom stereocenters. The van der Waals surface area contributed by atoms with E-state index < -0.39 is 0 Å². The fourth-order valence-corrected chi connectivity index (χ4v) is 4.75. The molecule has 1 amide bonds. The molecule has 0 aliphatic carbocycles. The zero-order valence-corrected chi connectivity index (χ0v) is 15.9. The van der Waals surface area contributed by atoms with E-state index in [1.165, 1.54) is 11.3 Å². The highest BCUT2D eigenvalue weighted by atomic mass is 32.1. The number of hydrogen-bond acceptors (Lipinski definition) is 4. The first-order valence-electron chi connectivity index (χ1n) is 9.35. The molecule has 134 valence electrons. The number of carbonyl (C=O) groups excluding carboxylic acids is 1. The number of piperazine rings is 1. The largest absolute Gasteiger partial charge is 0.341 e. The Hall–Kier alpha value is -0.910. The van der Waals surface area contributed by atoms with Crippen molar-refractivity contribution in [1.82, 2.24) is 14.7 Å². The van der Waals surface area contributed by atoms with E-state index in [2.05, 4.69) is 46.1 Å². The predicted molar refractivity (Wildman–Crippen MR) is 100 cm³/mol. The number of rotatable bonds is 5. The van der Waals surface area contributed by atoms with Crippen LogP contribution < -0.4 is 0 Å². The summed E-state index contributed by atoms with van der Waals surface area (Å²) in [5.74, 6) is 1.62. The Labute approximate surface area is 150 Å². The Morgan fingerprint density at radius 3 is 2.42 bits per heavy atom. The second-order valence-corrected chi connectivity index (χ2v) is 8.72. The number of carbonyl (C=O) groups is 1. The highest BCUT2D eigenvalue weighted by molar-refractivity contribution is 7.09. The van der Waals surface area contributed by atoms with Crippen LogP contribution in [0.25, 0.3) is 0 Å². The molecular weight excluding hydrogens is 318 g/mol. The third-order valence-corrected chi connectivity index (χ3v) is 6.24. The number of hydrogen-bond donors (Lipinski definition) is 0. The van der Waals surface area contributed by atoms with Gasteiger partial charge in [-0.1, -0.05) is 19.9 Å². The van der Waals surface area contributed by atoms with Gasteiger partial charge in [-0.2, -0.15) is 0 Å². The summed E-state index contributed by atoms with van der Waals surface area (Å²) in [5.41, 5.74) is 0. The van der Waals surface area contributed by atoms with E-state index in [9.17, 15) is 4.79 Å². The van der Waals surface area contributed by atoms with Crippen molar-refractivity contribution < 1.29 is 4.79 Å². The van der Waals surface area contributed by atoms with E-state index in [1.807, 2.05) is 11.3 Å². The third kappa shape index (κ3) is 5.04. The zero-order chi connectivity index (χ0) is 16.9. The molecule has 0 saturated carbocycles. The highest BCUT2D eigenvalue weighted by Gasteiger charge is 2.27. The average molecular weight is 350 g/mol. The maximum Gasteiger partial charge on any atom is 0.236 e. The lowest BCUT2D eigenvalue weighted by molar-refractivity contribution is -0.135. The number of amides is 1. The van der Waals surface area contributed by atoms with Gasteiger partial charge < -0.3 is 9.80 Å². The standard InChI is InChI=1S/C19H31N3OS/c1-16-12-17(2)14-22(13-16)19(23)15-21-9-7-20(8-10-21)6-5-18-4-3-11-24-18/h3-4,11,16-17H,5-10,12-15H2,1-2H3/t16-,17-/m0/s1. The summed E-state index contributed by atoms with van der Waals surface area (Å²) >= 11 is 1.85. The molecule has 2 aliphatic rings. The maximum atomic E-state index is 12.6. The second-order valence-electron chi connectivity index (χ2n) is 7.69. The summed E-state index contributed by atoms with van der Waals surface area (Å²) in [4.78, 5) is 21.0. The van der Waals surface area contributed by atoms with Gasteiger partial charge in [0.15, 0.2) is 0 Å². The molecule has 2 saturated heterocycles. The van der Waals surface area contributed by atoms with E-state index in [0.29, 0.717) is 24.3 Å². The molecule has 4 nitrogen and oxygen atoms in total. The molecule has 0 bridgehead atoms. The Morgan fingerprint density at radius 2 is 1.79 bits per heavy atom. The van der Waals surface area contributed by atoms with Gasteiger partial charge in [-0.3, -0.25) is 9.69 Å². The zero-order valence-electron chi connectivity index (χ0n) is 15.1. The number of piperidine rings is 1. The molecular formula is C19H31N3OS. The lowest BCUT2D eigenvalue weighted by Crippen LogP contribution is -2.52. The van der Waals surface area contributed by atoms with Gasteiger partial charge >= 0.3 is 0 Å². The Kier molecular flexibility index (Phi) is 6.31. The predicted octanol–water partition coefficient (Wildman–Crippen LogP) is 2.41. The van der Waals surface area contributed by atoms with E-state index >= 15 is 0 Å². The van der Waals surface area contributed by atoms with Crippen LogP contribution in [-0.4, -0.2) is 73.0 Å². The molecule has 2 fully saturated rings. The minimum absolute atomic E-state index is 0.334. The van der Waals surface area contributed by atoms with Gasteiger partial charge in [0.05, 0.1) is 6.54 Å². The van der Waals surface area contributed by atoms with Crippen LogP contribution >= 0.6 is 11.3 Å². The minimum Gasteiger partial charge on any atom is -0.341 e. The van der Waals surface area contributed by atoms with Gasteiger partial charge in [0.2, 0.25) is 5.91 Å². The molecule has 2 aliphatic heterocycles. The highest BCUT2D eigenvalue weighted by Crippen LogP contribution is 2.21. The van der Waals surface area contributed by atoms with Crippen molar-refractivity contribution in [1.29, 1.82) is 0 Å². The van der Waals surface area contributed by atoms with Gasteiger partial charge in [0.1, 0.15) is 0 Å². The molecule has 3 heterocycles. The third-order valence-electron chi connectivity index (χ3n) is 5.30. The van der Waals surface area contributed by atoms with Crippen LogP contribution in [0.15, 0.2) is 17.5 Å². The monoisotopic (exact) mass is 349 g/mol. The molecule has 0 aromatic carbocycles. The van der Waals surface area contributed by atoms with Crippen molar-refractivity contribution in [2.45, 2.75) is 26.7 Å². The fraction of sp³-hybridized carbons (Fsp3) is 0.737. The Balaban J connectivity index is 1.38. The van der Waals surface area contributed by atoms with Crippen molar-refractivity contribution in [3.05, 3.63) is 22.4 Å². The molecule has 5 heteroatoms. The minimum atomic E-state index is 0.334. The lowest BCUT2D eigenvalue weighted by Gasteiger charge is -2.38. The SMILES string of the molecule is C[C@H]1C[C@H](C)CN(C(=O)CN2CCN(CCc3cccs3)CC2)C1. The molecule has 0 N–H and O–H groups in total. The van der Waals surface area contributed by atoms with Gasteiger partial charge in [0.25, 0.3) is 0 Å². The summed E-state index contributed by atoms with van der Waals surface area (Å²) < 4.78 is 0.